The van der Waals surface area contributed by atoms with Gasteiger partial charge in [0.2, 0.25) is 0 Å². The third kappa shape index (κ3) is 3.85. The highest BCUT2D eigenvalue weighted by molar-refractivity contribution is 7.10. The van der Waals surface area contributed by atoms with Crippen LogP contribution in [0.5, 0.6) is 0 Å². The largest absolute Gasteiger partial charge is 0.376 e. The van der Waals surface area contributed by atoms with Gasteiger partial charge in [0.25, 0.3) is 0 Å². The minimum Gasteiger partial charge on any atom is -0.376 e. The molecule has 1 N–H and O–H groups in total. The van der Waals surface area contributed by atoms with Crippen molar-refractivity contribution in [3.8, 4) is 6.07 Å². The molecule has 0 aliphatic carbocycles. The summed E-state index contributed by atoms with van der Waals surface area (Å²) in [5, 5.41) is 14.5. The van der Waals surface area contributed by atoms with Gasteiger partial charge in [0.1, 0.15) is 6.07 Å². The van der Waals surface area contributed by atoms with Crippen molar-refractivity contribution in [3.63, 3.8) is 0 Å². The minimum absolute atomic E-state index is 0.231. The summed E-state index contributed by atoms with van der Waals surface area (Å²) in [5.74, 6) is 0.540. The van der Waals surface area contributed by atoms with Crippen molar-refractivity contribution in [1.82, 2.24) is 14.9 Å². The third-order valence-corrected chi connectivity index (χ3v) is 4.83. The lowest BCUT2D eigenvalue weighted by atomic mass is 10.1. The second-order valence-electron chi connectivity index (χ2n) is 5.45. The van der Waals surface area contributed by atoms with Gasteiger partial charge in [-0.2, -0.15) is 5.26 Å². The number of thiophene rings is 1. The lowest BCUT2D eigenvalue weighted by molar-refractivity contribution is -0.0322. The first kappa shape index (κ1) is 15.9. The molecule has 1 fully saturated rings. The molecule has 3 heterocycles. The molecule has 2 atom stereocenters. The van der Waals surface area contributed by atoms with E-state index in [-0.39, 0.29) is 12.1 Å². The normalized spacial score (nSPS) is 19.9. The van der Waals surface area contributed by atoms with E-state index >= 15 is 0 Å². The summed E-state index contributed by atoms with van der Waals surface area (Å²) in [5.41, 5.74) is 0.327. The van der Waals surface area contributed by atoms with Crippen LogP contribution in [0.15, 0.2) is 29.9 Å². The fourth-order valence-corrected chi connectivity index (χ4v) is 3.62. The number of hydrogen-bond donors (Lipinski definition) is 1. The van der Waals surface area contributed by atoms with E-state index in [9.17, 15) is 0 Å². The van der Waals surface area contributed by atoms with Crippen LogP contribution in [0.2, 0.25) is 0 Å². The quantitative estimate of drug-likeness (QED) is 0.907. The summed E-state index contributed by atoms with van der Waals surface area (Å²) in [6.07, 6.45) is 3.36. The lowest BCUT2D eigenvalue weighted by Gasteiger charge is -2.37. The monoisotopic (exact) mass is 329 g/mol. The number of rotatable bonds is 5. The average Bonchev–Trinajstić information content (AvgIpc) is 3.10. The van der Waals surface area contributed by atoms with E-state index in [2.05, 4.69) is 50.7 Å². The maximum absolute atomic E-state index is 9.13. The van der Waals surface area contributed by atoms with Crippen molar-refractivity contribution >= 4 is 17.2 Å². The van der Waals surface area contributed by atoms with Gasteiger partial charge in [0.05, 0.1) is 18.8 Å². The maximum Gasteiger partial charge on any atom is 0.182 e. The molecule has 1 saturated heterocycles. The highest BCUT2D eigenvalue weighted by atomic mass is 32.1. The van der Waals surface area contributed by atoms with Crippen LogP contribution < -0.4 is 5.32 Å². The molecule has 7 heteroatoms. The summed E-state index contributed by atoms with van der Waals surface area (Å²) in [7, 11) is 0. The summed E-state index contributed by atoms with van der Waals surface area (Å²) in [6.45, 7) is 5.33. The van der Waals surface area contributed by atoms with Crippen LogP contribution in [0, 0.1) is 11.3 Å². The van der Waals surface area contributed by atoms with Gasteiger partial charge in [0, 0.05) is 36.9 Å². The second kappa shape index (κ2) is 7.51. The van der Waals surface area contributed by atoms with Crippen LogP contribution in [-0.2, 0) is 4.74 Å². The number of hydrogen-bond acceptors (Lipinski definition) is 7. The average molecular weight is 329 g/mol. The molecule has 0 unspecified atom stereocenters. The van der Waals surface area contributed by atoms with E-state index in [0.29, 0.717) is 18.1 Å². The van der Waals surface area contributed by atoms with Crippen LogP contribution in [-0.4, -0.2) is 47.2 Å². The Morgan fingerprint density at radius 2 is 2.39 bits per heavy atom. The summed E-state index contributed by atoms with van der Waals surface area (Å²) < 4.78 is 5.65. The zero-order valence-electron chi connectivity index (χ0n) is 13.0. The van der Waals surface area contributed by atoms with Gasteiger partial charge in [-0.05, 0) is 18.4 Å². The number of anilines is 1. The first-order chi connectivity index (χ1) is 11.3. The maximum atomic E-state index is 9.13. The van der Waals surface area contributed by atoms with Gasteiger partial charge >= 0.3 is 0 Å². The molecule has 6 nitrogen and oxygen atoms in total. The number of morpholine rings is 1. The minimum atomic E-state index is 0.231. The molecule has 0 saturated carbocycles. The van der Waals surface area contributed by atoms with E-state index in [1.54, 1.807) is 17.5 Å². The van der Waals surface area contributed by atoms with Gasteiger partial charge in [0.15, 0.2) is 11.5 Å². The molecule has 120 valence electrons. The number of nitrogens with zero attached hydrogens (tertiary/aromatic N) is 4. The van der Waals surface area contributed by atoms with E-state index in [4.69, 9.17) is 10.00 Å². The van der Waals surface area contributed by atoms with Gasteiger partial charge in [-0.1, -0.05) is 6.07 Å². The van der Waals surface area contributed by atoms with Crippen molar-refractivity contribution in [3.05, 3.63) is 40.5 Å². The fraction of sp³-hybridized carbons (Fsp3) is 0.438. The van der Waals surface area contributed by atoms with Crippen LogP contribution in [0.1, 0.15) is 23.5 Å². The van der Waals surface area contributed by atoms with Crippen LogP contribution in [0.3, 0.4) is 0 Å². The van der Waals surface area contributed by atoms with Crippen molar-refractivity contribution in [2.75, 3.05) is 31.6 Å². The Bertz CT molecular complexity index is 669. The molecule has 23 heavy (non-hydrogen) atoms. The molecule has 0 aromatic carbocycles. The van der Waals surface area contributed by atoms with Gasteiger partial charge in [-0.25, -0.2) is 9.97 Å². The SMILES string of the molecule is C[C@@H]1CN([C@@H](CNc2nccnc2C#N)c2cccs2)CCO1. The molecule has 1 aliphatic rings. The molecule has 1 aliphatic heterocycles. The molecule has 0 bridgehead atoms. The number of ether oxygens (including phenoxy) is 1. The molecule has 2 aromatic rings. The van der Waals surface area contributed by atoms with E-state index in [1.165, 1.54) is 11.1 Å². The lowest BCUT2D eigenvalue weighted by Crippen LogP contribution is -2.44. The zero-order valence-corrected chi connectivity index (χ0v) is 13.8. The standard InChI is InChI=1S/C16H19N5OS/c1-12-11-21(6-7-22-12)14(15-3-2-8-23-15)10-20-16-13(9-17)18-4-5-19-16/h2-5,8,12,14H,6-7,10-11H2,1H3,(H,19,20)/t12-,14+/m1/s1. The highest BCUT2D eigenvalue weighted by Crippen LogP contribution is 2.27. The number of nitrogens with one attached hydrogen (secondary N) is 1. The first-order valence-electron chi connectivity index (χ1n) is 7.62. The summed E-state index contributed by atoms with van der Waals surface area (Å²) in [6, 6.07) is 6.53. The second-order valence-corrected chi connectivity index (χ2v) is 6.43. The van der Waals surface area contributed by atoms with Crippen LogP contribution in [0.4, 0.5) is 5.82 Å². The topological polar surface area (TPSA) is 74.1 Å². The Hall–Kier alpha value is -2.01. The fourth-order valence-electron chi connectivity index (χ4n) is 2.76. The molecule has 0 amide bonds. The predicted octanol–water partition coefficient (Wildman–Crippen LogP) is 2.28. The van der Waals surface area contributed by atoms with E-state index < -0.39 is 0 Å². The Morgan fingerprint density at radius 3 is 3.13 bits per heavy atom. The molecule has 2 aromatic heterocycles. The third-order valence-electron chi connectivity index (χ3n) is 3.85. The van der Waals surface area contributed by atoms with Gasteiger partial charge in [-0.3, -0.25) is 4.90 Å². The zero-order chi connectivity index (χ0) is 16.1. The Morgan fingerprint density at radius 1 is 1.52 bits per heavy atom. The summed E-state index contributed by atoms with van der Waals surface area (Å²) >= 11 is 1.75. The molecule has 0 spiro atoms. The Labute approximate surface area is 139 Å². The molecule has 0 radical (unpaired) electrons. The van der Waals surface area contributed by atoms with Gasteiger partial charge in [-0.15, -0.1) is 11.3 Å². The van der Waals surface area contributed by atoms with Crippen LogP contribution >= 0.6 is 11.3 Å². The van der Waals surface area contributed by atoms with Crippen molar-refractivity contribution < 1.29 is 4.74 Å². The predicted molar refractivity (Wildman–Crippen MR) is 89.3 cm³/mol. The molecular formula is C16H19N5OS. The summed E-state index contributed by atoms with van der Waals surface area (Å²) in [4.78, 5) is 12.0. The number of nitriles is 1. The van der Waals surface area contributed by atoms with Crippen molar-refractivity contribution in [2.45, 2.75) is 19.1 Å². The Balaban J connectivity index is 1.75. The van der Waals surface area contributed by atoms with E-state index in [0.717, 1.165) is 19.7 Å². The Kier molecular flexibility index (Phi) is 5.18. The van der Waals surface area contributed by atoms with Crippen LogP contribution in [0.25, 0.3) is 0 Å². The molecule has 3 rings (SSSR count). The molecular weight excluding hydrogens is 310 g/mol. The highest BCUT2D eigenvalue weighted by Gasteiger charge is 2.26. The van der Waals surface area contributed by atoms with Crippen molar-refractivity contribution in [2.24, 2.45) is 0 Å². The smallest absolute Gasteiger partial charge is 0.182 e. The van der Waals surface area contributed by atoms with E-state index in [1.807, 2.05) is 0 Å². The van der Waals surface area contributed by atoms with Gasteiger partial charge < -0.3 is 10.1 Å². The first-order valence-corrected chi connectivity index (χ1v) is 8.50. The number of aromatic nitrogens is 2. The van der Waals surface area contributed by atoms with Crippen molar-refractivity contribution in [1.29, 1.82) is 5.26 Å².